The normalized spacial score (nSPS) is 31.2. The van der Waals surface area contributed by atoms with Crippen LogP contribution in [-0.2, 0) is 4.79 Å². The summed E-state index contributed by atoms with van der Waals surface area (Å²) in [5.74, 6) is 0.703. The summed E-state index contributed by atoms with van der Waals surface area (Å²) in [5.41, 5.74) is 5.91. The first-order valence-corrected chi connectivity index (χ1v) is 7.20. The summed E-state index contributed by atoms with van der Waals surface area (Å²) < 4.78 is 0. The topological polar surface area (TPSA) is 46.3 Å². The molecule has 2 aliphatic carbocycles. The Hall–Kier alpha value is -0.570. The van der Waals surface area contributed by atoms with E-state index in [-0.39, 0.29) is 0 Å². The van der Waals surface area contributed by atoms with Gasteiger partial charge in [-0.15, -0.1) is 0 Å². The molecule has 2 saturated carbocycles. The lowest BCUT2D eigenvalue weighted by Crippen LogP contribution is -2.44. The van der Waals surface area contributed by atoms with Crippen molar-refractivity contribution in [1.29, 1.82) is 0 Å². The van der Waals surface area contributed by atoms with E-state index in [0.717, 1.165) is 38.5 Å². The van der Waals surface area contributed by atoms with Gasteiger partial charge in [-0.25, -0.2) is 0 Å². The molecule has 2 fully saturated rings. The zero-order valence-electron chi connectivity index (χ0n) is 11.0. The van der Waals surface area contributed by atoms with Crippen LogP contribution in [0.1, 0.15) is 57.8 Å². The van der Waals surface area contributed by atoms with Gasteiger partial charge in [-0.1, -0.05) is 19.3 Å². The van der Waals surface area contributed by atoms with E-state index in [9.17, 15) is 4.79 Å². The van der Waals surface area contributed by atoms with Crippen LogP contribution in [0.2, 0.25) is 0 Å². The third kappa shape index (κ3) is 3.21. The number of hydrogen-bond acceptors (Lipinski definition) is 2. The quantitative estimate of drug-likeness (QED) is 0.802. The van der Waals surface area contributed by atoms with Crippen LogP contribution in [0.4, 0.5) is 0 Å². The van der Waals surface area contributed by atoms with Gasteiger partial charge in [0.25, 0.3) is 0 Å². The maximum atomic E-state index is 12.4. The Balaban J connectivity index is 1.85. The number of rotatable bonds is 2. The molecule has 2 rings (SSSR count). The fraction of sp³-hybridized carbons (Fsp3) is 0.929. The number of nitrogens with zero attached hydrogens (tertiary/aromatic N) is 1. The van der Waals surface area contributed by atoms with E-state index in [1.807, 2.05) is 11.9 Å². The molecule has 17 heavy (non-hydrogen) atoms. The van der Waals surface area contributed by atoms with Crippen molar-refractivity contribution in [3.8, 4) is 0 Å². The zero-order valence-corrected chi connectivity index (χ0v) is 11.0. The van der Waals surface area contributed by atoms with Crippen molar-refractivity contribution in [1.82, 2.24) is 4.90 Å². The minimum atomic E-state index is 0.310. The average Bonchev–Trinajstić information content (AvgIpc) is 2.39. The average molecular weight is 238 g/mol. The Morgan fingerprint density at radius 2 is 1.59 bits per heavy atom. The first kappa shape index (κ1) is 12.9. The lowest BCUT2D eigenvalue weighted by atomic mass is 9.86. The van der Waals surface area contributed by atoms with Gasteiger partial charge >= 0.3 is 0 Å². The van der Waals surface area contributed by atoms with Crippen LogP contribution in [0.5, 0.6) is 0 Å². The van der Waals surface area contributed by atoms with Gasteiger partial charge in [-0.2, -0.15) is 0 Å². The summed E-state index contributed by atoms with van der Waals surface area (Å²) in [6, 6.07) is 0.814. The van der Waals surface area contributed by atoms with E-state index >= 15 is 0 Å². The Kier molecular flexibility index (Phi) is 4.43. The Bertz CT molecular complexity index is 253. The number of carbonyl (C=O) groups excluding carboxylic acids is 1. The van der Waals surface area contributed by atoms with Crippen molar-refractivity contribution in [2.24, 2.45) is 11.7 Å². The van der Waals surface area contributed by atoms with Crippen molar-refractivity contribution < 1.29 is 4.79 Å². The molecule has 0 aromatic carbocycles. The van der Waals surface area contributed by atoms with Crippen LogP contribution in [0.3, 0.4) is 0 Å². The van der Waals surface area contributed by atoms with Crippen molar-refractivity contribution in [3.05, 3.63) is 0 Å². The highest BCUT2D eigenvalue weighted by Crippen LogP contribution is 2.28. The maximum Gasteiger partial charge on any atom is 0.225 e. The van der Waals surface area contributed by atoms with E-state index < -0.39 is 0 Å². The van der Waals surface area contributed by atoms with E-state index in [4.69, 9.17) is 5.73 Å². The van der Waals surface area contributed by atoms with Crippen LogP contribution in [0.15, 0.2) is 0 Å². The summed E-state index contributed by atoms with van der Waals surface area (Å²) in [5, 5.41) is 0. The molecular formula is C14H26N2O. The third-order valence-electron chi connectivity index (χ3n) is 4.59. The van der Waals surface area contributed by atoms with Crippen molar-refractivity contribution in [2.45, 2.75) is 69.9 Å². The molecule has 0 atom stereocenters. The first-order valence-electron chi connectivity index (χ1n) is 7.20. The van der Waals surface area contributed by atoms with Crippen LogP contribution in [0.25, 0.3) is 0 Å². The molecule has 0 aromatic heterocycles. The zero-order chi connectivity index (χ0) is 12.3. The minimum absolute atomic E-state index is 0.310. The van der Waals surface area contributed by atoms with Gasteiger partial charge in [0.2, 0.25) is 5.91 Å². The van der Waals surface area contributed by atoms with Crippen LogP contribution in [-0.4, -0.2) is 29.9 Å². The molecule has 0 saturated heterocycles. The SMILES string of the molecule is CN(C(=O)C1CCCCC1)C1CCC(N)CC1. The van der Waals surface area contributed by atoms with Gasteiger partial charge in [0, 0.05) is 25.0 Å². The standard InChI is InChI=1S/C14H26N2O/c1-16(13-9-7-12(15)8-10-13)14(17)11-5-3-2-4-6-11/h11-13H,2-10,15H2,1H3. The fourth-order valence-electron chi connectivity index (χ4n) is 3.31. The Labute approximate surface area is 105 Å². The maximum absolute atomic E-state index is 12.4. The van der Waals surface area contributed by atoms with Crippen molar-refractivity contribution in [2.75, 3.05) is 7.05 Å². The van der Waals surface area contributed by atoms with Gasteiger partial charge < -0.3 is 10.6 Å². The molecule has 0 aromatic rings. The van der Waals surface area contributed by atoms with Crippen molar-refractivity contribution in [3.63, 3.8) is 0 Å². The van der Waals surface area contributed by atoms with E-state index in [1.165, 1.54) is 19.3 Å². The minimum Gasteiger partial charge on any atom is -0.343 e. The molecule has 2 N–H and O–H groups in total. The summed E-state index contributed by atoms with van der Waals surface area (Å²) in [6.07, 6.45) is 10.3. The smallest absolute Gasteiger partial charge is 0.225 e. The highest BCUT2D eigenvalue weighted by atomic mass is 16.2. The molecule has 0 radical (unpaired) electrons. The van der Waals surface area contributed by atoms with E-state index in [2.05, 4.69) is 0 Å². The molecular weight excluding hydrogens is 212 g/mol. The molecule has 3 heteroatoms. The molecule has 0 bridgehead atoms. The number of hydrogen-bond donors (Lipinski definition) is 1. The van der Waals surface area contributed by atoms with Crippen LogP contribution >= 0.6 is 0 Å². The molecule has 3 nitrogen and oxygen atoms in total. The largest absolute Gasteiger partial charge is 0.343 e. The van der Waals surface area contributed by atoms with E-state index in [1.54, 1.807) is 0 Å². The second-order valence-corrected chi connectivity index (χ2v) is 5.85. The predicted octanol–water partition coefficient (Wildman–Crippen LogP) is 2.29. The molecule has 98 valence electrons. The molecule has 0 heterocycles. The lowest BCUT2D eigenvalue weighted by Gasteiger charge is -2.36. The molecule has 1 amide bonds. The highest BCUT2D eigenvalue weighted by molar-refractivity contribution is 5.79. The number of nitrogens with two attached hydrogens (primary N) is 1. The third-order valence-corrected chi connectivity index (χ3v) is 4.59. The lowest BCUT2D eigenvalue weighted by molar-refractivity contribution is -0.138. The summed E-state index contributed by atoms with van der Waals surface area (Å²) in [4.78, 5) is 14.4. The second kappa shape index (κ2) is 5.85. The van der Waals surface area contributed by atoms with Gasteiger partial charge in [0.05, 0.1) is 0 Å². The monoisotopic (exact) mass is 238 g/mol. The van der Waals surface area contributed by atoms with Gasteiger partial charge in [-0.05, 0) is 38.5 Å². The fourth-order valence-corrected chi connectivity index (χ4v) is 3.31. The Morgan fingerprint density at radius 1 is 1.00 bits per heavy atom. The summed E-state index contributed by atoms with van der Waals surface area (Å²) in [7, 11) is 2.00. The second-order valence-electron chi connectivity index (χ2n) is 5.85. The first-order chi connectivity index (χ1) is 8.18. The number of amides is 1. The van der Waals surface area contributed by atoms with Gasteiger partial charge in [0.15, 0.2) is 0 Å². The van der Waals surface area contributed by atoms with Crippen molar-refractivity contribution >= 4 is 5.91 Å². The summed E-state index contributed by atoms with van der Waals surface area (Å²) in [6.45, 7) is 0. The molecule has 0 aliphatic heterocycles. The van der Waals surface area contributed by atoms with Crippen LogP contribution in [0, 0.1) is 5.92 Å². The highest BCUT2D eigenvalue weighted by Gasteiger charge is 2.29. The molecule has 0 spiro atoms. The predicted molar refractivity (Wildman–Crippen MR) is 69.6 cm³/mol. The Morgan fingerprint density at radius 3 is 2.18 bits per heavy atom. The van der Waals surface area contributed by atoms with E-state index in [0.29, 0.717) is 23.9 Å². The molecule has 2 aliphatic rings. The molecule has 0 unspecified atom stereocenters. The summed E-state index contributed by atoms with van der Waals surface area (Å²) >= 11 is 0. The van der Waals surface area contributed by atoms with Gasteiger partial charge in [0.1, 0.15) is 0 Å². The number of carbonyl (C=O) groups is 1. The van der Waals surface area contributed by atoms with Gasteiger partial charge in [-0.3, -0.25) is 4.79 Å². The van der Waals surface area contributed by atoms with Crippen LogP contribution < -0.4 is 5.73 Å².